The molecule has 0 N–H and O–H groups in total. The van der Waals surface area contributed by atoms with Gasteiger partial charge in [-0.2, -0.15) is 0 Å². The highest BCUT2D eigenvalue weighted by atomic mass is 16.5. The van der Waals surface area contributed by atoms with Gasteiger partial charge in [0.25, 0.3) is 0 Å². The Kier molecular flexibility index (Phi) is 5.02. The normalized spacial score (nSPS) is 16.1. The minimum absolute atomic E-state index is 0.0696. The molecular formula is C27H25NO2. The summed E-state index contributed by atoms with van der Waals surface area (Å²) in [6, 6.07) is 19.1. The fourth-order valence-electron chi connectivity index (χ4n) is 4.74. The minimum atomic E-state index is -0.0696. The Labute approximate surface area is 177 Å². The standard InChI is InChI=1S/C27H25NO2/c1-28-25(22-10-11-24-21(17-22)8-5-9-26(24)29)18-23(16-19-12-14-30-15-13-19)27(28)20-6-3-2-4-7-20/h2-4,6-7,10-11,17-19H,8,12-16H2,1H3. The molecule has 3 nitrogen and oxygen atoms in total. The molecule has 150 valence electrons. The van der Waals surface area contributed by atoms with E-state index in [-0.39, 0.29) is 5.78 Å². The fourth-order valence-corrected chi connectivity index (χ4v) is 4.74. The van der Waals surface area contributed by atoms with Crippen molar-refractivity contribution in [2.45, 2.75) is 25.7 Å². The molecule has 2 aromatic carbocycles. The molecular weight excluding hydrogens is 370 g/mol. The van der Waals surface area contributed by atoms with Crippen molar-refractivity contribution in [3.63, 3.8) is 0 Å². The monoisotopic (exact) mass is 395 g/mol. The summed E-state index contributed by atoms with van der Waals surface area (Å²) in [5.41, 5.74) is 8.02. The van der Waals surface area contributed by atoms with E-state index in [0.29, 0.717) is 12.3 Å². The van der Waals surface area contributed by atoms with Gasteiger partial charge in [-0.1, -0.05) is 42.3 Å². The Morgan fingerprint density at radius 2 is 1.83 bits per heavy atom. The third-order valence-electron chi connectivity index (χ3n) is 6.33. The quantitative estimate of drug-likeness (QED) is 0.456. The van der Waals surface area contributed by atoms with Gasteiger partial charge in [-0.15, -0.1) is 0 Å². The van der Waals surface area contributed by atoms with Gasteiger partial charge in [-0.25, -0.2) is 0 Å². The van der Waals surface area contributed by atoms with Crippen molar-refractivity contribution in [3.8, 4) is 34.4 Å². The van der Waals surface area contributed by atoms with Crippen molar-refractivity contribution in [1.82, 2.24) is 4.57 Å². The molecule has 2 aliphatic rings. The summed E-state index contributed by atoms with van der Waals surface area (Å²) in [7, 11) is 2.15. The maximum absolute atomic E-state index is 12.1. The van der Waals surface area contributed by atoms with Crippen molar-refractivity contribution in [2.75, 3.05) is 13.2 Å². The second-order valence-electron chi connectivity index (χ2n) is 8.27. The average molecular weight is 396 g/mol. The van der Waals surface area contributed by atoms with E-state index in [1.165, 1.54) is 22.5 Å². The zero-order valence-electron chi connectivity index (χ0n) is 17.3. The molecule has 1 aromatic heterocycles. The number of ether oxygens (including phenoxy) is 1. The van der Waals surface area contributed by atoms with E-state index in [4.69, 9.17) is 4.74 Å². The topological polar surface area (TPSA) is 31.2 Å². The van der Waals surface area contributed by atoms with Gasteiger partial charge in [0.2, 0.25) is 5.78 Å². The number of fused-ring (bicyclic) bond motifs is 1. The molecule has 0 spiro atoms. The molecule has 5 rings (SSSR count). The van der Waals surface area contributed by atoms with Crippen molar-refractivity contribution >= 4 is 5.78 Å². The molecule has 0 atom stereocenters. The molecule has 0 amide bonds. The van der Waals surface area contributed by atoms with Crippen LogP contribution in [-0.4, -0.2) is 23.6 Å². The van der Waals surface area contributed by atoms with Gasteiger partial charge in [-0.3, -0.25) is 4.79 Å². The lowest BCUT2D eigenvalue weighted by Crippen LogP contribution is -2.17. The van der Waals surface area contributed by atoms with Gasteiger partial charge in [0, 0.05) is 37.9 Å². The Morgan fingerprint density at radius 3 is 2.63 bits per heavy atom. The molecule has 3 heteroatoms. The fraction of sp³-hybridized carbons (Fsp3) is 0.296. The predicted molar refractivity (Wildman–Crippen MR) is 119 cm³/mol. The first-order valence-corrected chi connectivity index (χ1v) is 10.7. The summed E-state index contributed by atoms with van der Waals surface area (Å²) in [5, 5.41) is 0. The first kappa shape index (κ1) is 18.9. The second kappa shape index (κ2) is 7.97. The van der Waals surface area contributed by atoms with Gasteiger partial charge in [-0.05, 0) is 71.6 Å². The van der Waals surface area contributed by atoms with Crippen LogP contribution in [0.2, 0.25) is 0 Å². The number of benzene rings is 2. The van der Waals surface area contributed by atoms with E-state index >= 15 is 0 Å². The van der Waals surface area contributed by atoms with Crippen LogP contribution in [0.5, 0.6) is 0 Å². The zero-order valence-corrected chi connectivity index (χ0v) is 17.3. The van der Waals surface area contributed by atoms with Crippen LogP contribution in [0.3, 0.4) is 0 Å². The van der Waals surface area contributed by atoms with Crippen molar-refractivity contribution in [1.29, 1.82) is 0 Å². The highest BCUT2D eigenvalue weighted by Crippen LogP contribution is 2.35. The van der Waals surface area contributed by atoms with E-state index in [2.05, 4.69) is 72.0 Å². The lowest BCUT2D eigenvalue weighted by Gasteiger charge is -2.22. The molecule has 1 aliphatic carbocycles. The molecule has 1 saturated heterocycles. The number of Topliss-reactive ketones (excluding diaryl/α,β-unsaturated/α-hetero) is 1. The van der Waals surface area contributed by atoms with Crippen LogP contribution in [0.4, 0.5) is 0 Å². The minimum Gasteiger partial charge on any atom is -0.381 e. The van der Waals surface area contributed by atoms with Crippen LogP contribution in [0.25, 0.3) is 22.5 Å². The summed E-state index contributed by atoms with van der Waals surface area (Å²) < 4.78 is 7.88. The van der Waals surface area contributed by atoms with E-state index in [1.54, 1.807) is 0 Å². The zero-order chi connectivity index (χ0) is 20.5. The number of rotatable bonds is 4. The molecule has 30 heavy (non-hydrogen) atoms. The maximum atomic E-state index is 12.1. The molecule has 2 heterocycles. The SMILES string of the molecule is Cn1c(-c2ccc3c(c2)CC#CC3=O)cc(CC2CCOCC2)c1-c1ccccc1. The average Bonchev–Trinajstić information content (AvgIpc) is 3.10. The van der Waals surface area contributed by atoms with Crippen LogP contribution in [0, 0.1) is 17.8 Å². The number of nitrogens with zero attached hydrogens (tertiary/aromatic N) is 1. The number of hydrogen-bond acceptors (Lipinski definition) is 2. The molecule has 1 fully saturated rings. The van der Waals surface area contributed by atoms with E-state index in [9.17, 15) is 4.79 Å². The molecule has 0 radical (unpaired) electrons. The van der Waals surface area contributed by atoms with Gasteiger partial charge in [0.15, 0.2) is 0 Å². The van der Waals surface area contributed by atoms with Crippen LogP contribution in [-0.2, 0) is 24.6 Å². The molecule has 0 unspecified atom stereocenters. The third-order valence-corrected chi connectivity index (χ3v) is 6.33. The van der Waals surface area contributed by atoms with E-state index in [1.807, 2.05) is 6.07 Å². The second-order valence-corrected chi connectivity index (χ2v) is 8.27. The highest BCUT2D eigenvalue weighted by Gasteiger charge is 2.22. The number of carbonyl (C=O) groups is 1. The van der Waals surface area contributed by atoms with Gasteiger partial charge < -0.3 is 9.30 Å². The van der Waals surface area contributed by atoms with Crippen LogP contribution >= 0.6 is 0 Å². The Hall–Kier alpha value is -3.09. The number of hydrogen-bond donors (Lipinski definition) is 0. The molecule has 1 aliphatic heterocycles. The summed E-state index contributed by atoms with van der Waals surface area (Å²) in [4.78, 5) is 12.1. The summed E-state index contributed by atoms with van der Waals surface area (Å²) in [5.74, 6) is 6.24. The van der Waals surface area contributed by atoms with Crippen LogP contribution in [0.15, 0.2) is 54.6 Å². The Bertz CT molecular complexity index is 1150. The van der Waals surface area contributed by atoms with Gasteiger partial charge >= 0.3 is 0 Å². The Balaban J connectivity index is 1.59. The lowest BCUT2D eigenvalue weighted by molar-refractivity contribution is 0.0666. The maximum Gasteiger partial charge on any atom is 0.236 e. The first-order valence-electron chi connectivity index (χ1n) is 10.7. The number of ketones is 1. The Morgan fingerprint density at radius 1 is 1.03 bits per heavy atom. The largest absolute Gasteiger partial charge is 0.381 e. The number of aromatic nitrogens is 1. The summed E-state index contributed by atoms with van der Waals surface area (Å²) >= 11 is 0. The van der Waals surface area contributed by atoms with Crippen LogP contribution < -0.4 is 0 Å². The number of carbonyl (C=O) groups excluding carboxylic acids is 1. The van der Waals surface area contributed by atoms with Crippen molar-refractivity contribution in [3.05, 3.63) is 71.3 Å². The van der Waals surface area contributed by atoms with Crippen molar-refractivity contribution in [2.24, 2.45) is 13.0 Å². The molecule has 3 aromatic rings. The summed E-state index contributed by atoms with van der Waals surface area (Å²) in [6.45, 7) is 1.73. The van der Waals surface area contributed by atoms with Gasteiger partial charge in [0.1, 0.15) is 0 Å². The van der Waals surface area contributed by atoms with E-state index < -0.39 is 0 Å². The predicted octanol–water partition coefficient (Wildman–Crippen LogP) is 5.07. The third kappa shape index (κ3) is 3.49. The molecule has 0 bridgehead atoms. The van der Waals surface area contributed by atoms with E-state index in [0.717, 1.165) is 49.2 Å². The smallest absolute Gasteiger partial charge is 0.236 e. The highest BCUT2D eigenvalue weighted by molar-refractivity contribution is 6.11. The van der Waals surface area contributed by atoms with Crippen molar-refractivity contribution < 1.29 is 9.53 Å². The summed E-state index contributed by atoms with van der Waals surface area (Å²) in [6.07, 6.45) is 3.95. The first-order chi connectivity index (χ1) is 14.7. The van der Waals surface area contributed by atoms with Crippen LogP contribution in [0.1, 0.15) is 34.3 Å². The lowest BCUT2D eigenvalue weighted by atomic mass is 9.91. The van der Waals surface area contributed by atoms with Gasteiger partial charge in [0.05, 0.1) is 5.69 Å². The molecule has 0 saturated carbocycles.